The van der Waals surface area contributed by atoms with Gasteiger partial charge in [-0.05, 0) is 89.9 Å². The third-order valence-electron chi connectivity index (χ3n) is 8.53. The third kappa shape index (κ3) is 26.9. The van der Waals surface area contributed by atoms with Gasteiger partial charge < -0.3 is 15.2 Å². The van der Waals surface area contributed by atoms with Gasteiger partial charge in [0.1, 0.15) is 0 Å². The van der Waals surface area contributed by atoms with Crippen molar-refractivity contribution in [2.45, 2.75) is 193 Å². The fourth-order valence-electron chi connectivity index (χ4n) is 5.32. The quantitative estimate of drug-likeness (QED) is 0.0463. The van der Waals surface area contributed by atoms with Gasteiger partial charge >= 0.3 is 0 Å². The highest BCUT2D eigenvalue weighted by molar-refractivity contribution is 5.02. The lowest BCUT2D eigenvalue weighted by Gasteiger charge is -2.24. The number of nitrogens with two attached hydrogens (primary N) is 1. The Bertz CT molecular complexity index is 641. The molecule has 2 N–H and O–H groups in total. The monoisotopic (exact) mass is 600 g/mol. The van der Waals surface area contributed by atoms with Gasteiger partial charge in [0, 0.05) is 13.2 Å². The van der Waals surface area contributed by atoms with Crippen LogP contribution < -0.4 is 5.73 Å². The maximum absolute atomic E-state index is 6.47. The molecular weight excluding hydrogens is 526 g/mol. The molecule has 1 aliphatic carbocycles. The number of ether oxygens (including phenoxy) is 2. The van der Waals surface area contributed by atoms with Crippen molar-refractivity contribution in [3.05, 3.63) is 48.6 Å². The fourth-order valence-corrected chi connectivity index (χ4v) is 5.32. The van der Waals surface area contributed by atoms with Crippen LogP contribution in [0.3, 0.4) is 0 Å². The highest BCUT2D eigenvalue weighted by atomic mass is 16.7. The lowest BCUT2D eigenvalue weighted by molar-refractivity contribution is -0.161. The summed E-state index contributed by atoms with van der Waals surface area (Å²) in [5, 5.41) is 0. The zero-order chi connectivity index (χ0) is 30.9. The van der Waals surface area contributed by atoms with Crippen molar-refractivity contribution in [2.75, 3.05) is 13.2 Å². The Morgan fingerprint density at radius 1 is 0.465 bits per heavy atom. The number of hydrogen-bond acceptors (Lipinski definition) is 3. The third-order valence-corrected chi connectivity index (χ3v) is 8.53. The first-order valence-corrected chi connectivity index (χ1v) is 18.8. The van der Waals surface area contributed by atoms with E-state index in [-0.39, 0.29) is 11.8 Å². The van der Waals surface area contributed by atoms with Crippen molar-refractivity contribution in [2.24, 2.45) is 5.73 Å². The van der Waals surface area contributed by atoms with Crippen LogP contribution in [0.25, 0.3) is 0 Å². The van der Waals surface area contributed by atoms with Gasteiger partial charge in [-0.3, -0.25) is 0 Å². The highest BCUT2D eigenvalue weighted by Gasteiger charge is 2.47. The summed E-state index contributed by atoms with van der Waals surface area (Å²) in [6.07, 6.45) is 51.0. The molecule has 0 spiro atoms. The van der Waals surface area contributed by atoms with Crippen molar-refractivity contribution in [3.8, 4) is 0 Å². The van der Waals surface area contributed by atoms with Crippen LogP contribution in [0, 0.1) is 0 Å². The zero-order valence-corrected chi connectivity index (χ0v) is 28.9. The molecular formula is C40H73NO2. The van der Waals surface area contributed by atoms with Gasteiger partial charge in [-0.2, -0.15) is 0 Å². The van der Waals surface area contributed by atoms with E-state index in [1.165, 1.54) is 128 Å². The second-order valence-corrected chi connectivity index (χ2v) is 13.0. The first kappa shape index (κ1) is 39.9. The number of rotatable bonds is 33. The van der Waals surface area contributed by atoms with Gasteiger partial charge in [0.2, 0.25) is 0 Å². The van der Waals surface area contributed by atoms with E-state index < -0.39 is 0 Å². The second kappa shape index (κ2) is 30.8. The van der Waals surface area contributed by atoms with E-state index in [9.17, 15) is 0 Å². The zero-order valence-electron chi connectivity index (χ0n) is 28.9. The molecule has 0 aromatic heterocycles. The van der Waals surface area contributed by atoms with Crippen LogP contribution in [0.2, 0.25) is 0 Å². The van der Waals surface area contributed by atoms with Crippen LogP contribution in [0.15, 0.2) is 48.6 Å². The molecule has 0 heterocycles. The minimum atomic E-state index is -0.225. The lowest BCUT2D eigenvalue weighted by atomic mass is 10.1. The van der Waals surface area contributed by atoms with E-state index >= 15 is 0 Å². The molecule has 0 amide bonds. The first-order valence-electron chi connectivity index (χ1n) is 18.8. The summed E-state index contributed by atoms with van der Waals surface area (Å²) in [7, 11) is 0. The van der Waals surface area contributed by atoms with Gasteiger partial charge in [-0.1, -0.05) is 140 Å². The van der Waals surface area contributed by atoms with Gasteiger partial charge in [-0.25, -0.2) is 0 Å². The minimum Gasteiger partial charge on any atom is -0.351 e. The summed E-state index contributed by atoms with van der Waals surface area (Å²) in [6.45, 7) is 6.08. The Labute approximate surface area is 269 Å². The Morgan fingerprint density at radius 2 is 0.791 bits per heavy atom. The minimum absolute atomic E-state index is 0.205. The molecule has 3 nitrogen and oxygen atoms in total. The Balaban J connectivity index is 1.90. The summed E-state index contributed by atoms with van der Waals surface area (Å²) in [5.74, 6) is 0. The summed E-state index contributed by atoms with van der Waals surface area (Å²) in [6, 6.07) is 0. The fraction of sp³-hybridized carbons (Fsp3) is 0.800. The van der Waals surface area contributed by atoms with E-state index in [2.05, 4.69) is 62.5 Å². The highest BCUT2D eigenvalue weighted by Crippen LogP contribution is 2.38. The summed E-state index contributed by atoms with van der Waals surface area (Å²) in [5.41, 5.74) is 6.24. The Hall–Kier alpha value is -1.16. The maximum atomic E-state index is 6.47. The van der Waals surface area contributed by atoms with E-state index in [1.54, 1.807) is 0 Å². The van der Waals surface area contributed by atoms with E-state index in [1.807, 2.05) is 0 Å². The Kier molecular flexibility index (Phi) is 28.6. The van der Waals surface area contributed by atoms with Crippen molar-refractivity contribution < 1.29 is 9.47 Å². The van der Waals surface area contributed by atoms with Crippen molar-refractivity contribution in [1.82, 2.24) is 0 Å². The molecule has 1 saturated carbocycles. The van der Waals surface area contributed by atoms with E-state index in [0.29, 0.717) is 0 Å². The van der Waals surface area contributed by atoms with E-state index in [0.717, 1.165) is 51.7 Å². The van der Waals surface area contributed by atoms with Gasteiger partial charge in [0.15, 0.2) is 6.29 Å². The summed E-state index contributed by atoms with van der Waals surface area (Å²) >= 11 is 0. The van der Waals surface area contributed by atoms with Gasteiger partial charge in [0.25, 0.3) is 0 Å². The molecule has 0 atom stereocenters. The van der Waals surface area contributed by atoms with Crippen molar-refractivity contribution in [3.63, 3.8) is 0 Å². The second-order valence-electron chi connectivity index (χ2n) is 13.0. The van der Waals surface area contributed by atoms with E-state index in [4.69, 9.17) is 15.2 Å². The largest absolute Gasteiger partial charge is 0.351 e. The molecule has 1 fully saturated rings. The van der Waals surface area contributed by atoms with Crippen LogP contribution in [-0.2, 0) is 9.47 Å². The predicted molar refractivity (Wildman–Crippen MR) is 191 cm³/mol. The van der Waals surface area contributed by atoms with Crippen LogP contribution in [0.5, 0.6) is 0 Å². The molecule has 0 aromatic carbocycles. The van der Waals surface area contributed by atoms with Crippen LogP contribution in [0.4, 0.5) is 0 Å². The molecule has 1 rings (SSSR count). The first-order chi connectivity index (χ1) is 21.2. The summed E-state index contributed by atoms with van der Waals surface area (Å²) < 4.78 is 12.3. The van der Waals surface area contributed by atoms with Gasteiger partial charge in [-0.15, -0.1) is 0 Å². The summed E-state index contributed by atoms with van der Waals surface area (Å²) in [4.78, 5) is 0. The molecule has 0 saturated heterocycles. The lowest BCUT2D eigenvalue weighted by Crippen LogP contribution is -2.41. The van der Waals surface area contributed by atoms with Crippen LogP contribution in [-0.4, -0.2) is 25.0 Å². The molecule has 0 aliphatic heterocycles. The molecule has 0 bridgehead atoms. The van der Waals surface area contributed by atoms with Gasteiger partial charge in [0.05, 0.1) is 5.54 Å². The van der Waals surface area contributed by atoms with Crippen molar-refractivity contribution >= 4 is 0 Å². The molecule has 1 aliphatic rings. The average molecular weight is 600 g/mol. The van der Waals surface area contributed by atoms with Crippen molar-refractivity contribution in [1.29, 1.82) is 0 Å². The topological polar surface area (TPSA) is 44.5 Å². The molecule has 0 radical (unpaired) electrons. The number of unbranched alkanes of at least 4 members (excludes halogenated alkanes) is 18. The normalized spacial score (nSPS) is 15.0. The maximum Gasteiger partial charge on any atom is 0.175 e. The van der Waals surface area contributed by atoms with Crippen LogP contribution in [0.1, 0.15) is 181 Å². The molecule has 0 unspecified atom stereocenters. The smallest absolute Gasteiger partial charge is 0.175 e. The molecule has 0 aromatic rings. The Morgan fingerprint density at radius 3 is 1.14 bits per heavy atom. The molecule has 3 heteroatoms. The van der Waals surface area contributed by atoms with Crippen LogP contribution >= 0.6 is 0 Å². The number of hydrogen-bond donors (Lipinski definition) is 1. The SMILES string of the molecule is CCCCC/C=C\C/C=C\CCCCCCCCOC(OCCCCCCCC/C=C\C/C=C\CCCCC)C1(N)CC1. The average Bonchev–Trinajstić information content (AvgIpc) is 3.77. The predicted octanol–water partition coefficient (Wildman–Crippen LogP) is 12.5. The molecule has 43 heavy (non-hydrogen) atoms. The molecule has 250 valence electrons. The number of allylic oxidation sites excluding steroid dienone is 8. The standard InChI is InChI=1S/C40H73NO2/c1-3-5-7-9-11-13-15-17-19-21-23-25-27-29-31-33-37-42-39(40(41)35-36-40)43-38-34-32-30-28-26-24-22-20-18-16-14-12-10-8-6-4-2/h11-14,17-20,39H,3-10,15-16,21-38,41H2,1-2H3/b13-11-,14-12-,19-17-,20-18-.